The van der Waals surface area contributed by atoms with Gasteiger partial charge in [0.05, 0.1) is 0 Å². The molecule has 0 aromatic heterocycles. The third kappa shape index (κ3) is 10.8. The highest BCUT2D eigenvalue weighted by Gasteiger charge is 2.38. The van der Waals surface area contributed by atoms with Crippen molar-refractivity contribution in [2.45, 2.75) is 57.5 Å². The number of rotatable bonds is 8. The number of aliphatic hydroxyl groups excluding tert-OH is 1. The zero-order valence-corrected chi connectivity index (χ0v) is 14.9. The first-order valence-corrected chi connectivity index (χ1v) is 9.14. The Morgan fingerprint density at radius 2 is 1.68 bits per heavy atom. The van der Waals surface area contributed by atoms with Crippen LogP contribution in [0.5, 0.6) is 0 Å². The lowest BCUT2D eigenvalue weighted by atomic mass is 10.2. The molecule has 1 amide bonds. The number of aliphatic carboxylic acids is 1. The van der Waals surface area contributed by atoms with Gasteiger partial charge >= 0.3 is 18.2 Å². The molecule has 0 saturated carbocycles. The topological polar surface area (TPSA) is 137 Å². The standard InChI is InChI=1S/C13H23F3N2O6S/c1-12(2,3)24-11(22)18-8(10(20)21)4-6-25(17,23)7-5-9(19)13(14,15)16/h8-9,17,19H,4-7H2,1-3H3,(H,18,22)(H,20,21)/t8?,9-,25-/m1/s1. The van der Waals surface area contributed by atoms with Gasteiger partial charge in [-0.05, 0) is 33.6 Å². The Morgan fingerprint density at radius 1 is 1.20 bits per heavy atom. The van der Waals surface area contributed by atoms with E-state index in [1.54, 1.807) is 20.8 Å². The number of aliphatic hydroxyl groups is 1. The molecule has 0 aliphatic heterocycles. The van der Waals surface area contributed by atoms with Gasteiger partial charge in [-0.15, -0.1) is 0 Å². The van der Waals surface area contributed by atoms with Crippen LogP contribution in [0.4, 0.5) is 18.0 Å². The van der Waals surface area contributed by atoms with Crippen LogP contribution in [0.2, 0.25) is 0 Å². The van der Waals surface area contributed by atoms with Crippen molar-refractivity contribution < 1.29 is 41.9 Å². The summed E-state index contributed by atoms with van der Waals surface area (Å²) in [4.78, 5) is 22.7. The molecule has 0 aromatic rings. The summed E-state index contributed by atoms with van der Waals surface area (Å²) in [6.45, 7) is 4.68. The van der Waals surface area contributed by atoms with E-state index in [4.69, 9.17) is 19.7 Å². The SMILES string of the molecule is CC(C)(C)OC(=O)NC(CC[S@@](=N)(=O)CC[C@@H](O)C(F)(F)F)C(=O)O. The molecule has 0 aliphatic carbocycles. The second-order valence-electron chi connectivity index (χ2n) is 6.39. The van der Waals surface area contributed by atoms with Gasteiger partial charge in [0.2, 0.25) is 0 Å². The molecule has 0 bridgehead atoms. The van der Waals surface area contributed by atoms with Crippen LogP contribution in [0.15, 0.2) is 0 Å². The van der Waals surface area contributed by atoms with Crippen LogP contribution in [0.3, 0.4) is 0 Å². The monoisotopic (exact) mass is 392 g/mol. The second-order valence-corrected chi connectivity index (χ2v) is 8.83. The van der Waals surface area contributed by atoms with E-state index in [1.807, 2.05) is 5.32 Å². The molecule has 0 aliphatic rings. The fraction of sp³-hybridized carbons (Fsp3) is 0.846. The Hall–Kier alpha value is -1.56. The maximum atomic E-state index is 12.2. The number of carboxylic acids is 1. The van der Waals surface area contributed by atoms with E-state index in [-0.39, 0.29) is 0 Å². The number of carbonyl (C=O) groups is 2. The molecule has 0 heterocycles. The predicted molar refractivity (Wildman–Crippen MR) is 82.7 cm³/mol. The Kier molecular flexibility index (Phi) is 8.15. The van der Waals surface area contributed by atoms with Crippen molar-refractivity contribution in [3.05, 3.63) is 0 Å². The predicted octanol–water partition coefficient (Wildman–Crippen LogP) is 1.71. The zero-order valence-electron chi connectivity index (χ0n) is 14.1. The molecule has 4 N–H and O–H groups in total. The van der Waals surface area contributed by atoms with Crippen molar-refractivity contribution in [1.82, 2.24) is 5.32 Å². The van der Waals surface area contributed by atoms with Gasteiger partial charge in [0, 0.05) is 21.2 Å². The number of nitrogens with one attached hydrogen (secondary N) is 2. The van der Waals surface area contributed by atoms with E-state index in [2.05, 4.69) is 0 Å². The van der Waals surface area contributed by atoms with Crippen molar-refractivity contribution in [1.29, 1.82) is 4.78 Å². The third-order valence-corrected chi connectivity index (χ3v) is 4.61. The largest absolute Gasteiger partial charge is 0.480 e. The highest BCUT2D eigenvalue weighted by molar-refractivity contribution is 7.92. The summed E-state index contributed by atoms with van der Waals surface area (Å²) in [6.07, 6.45) is -9.96. The lowest BCUT2D eigenvalue weighted by molar-refractivity contribution is -0.203. The average Bonchev–Trinajstić information content (AvgIpc) is 2.37. The normalized spacial score (nSPS) is 17.2. The van der Waals surface area contributed by atoms with Crippen LogP contribution in [0, 0.1) is 4.78 Å². The van der Waals surface area contributed by atoms with Crippen molar-refractivity contribution >= 4 is 21.8 Å². The molecule has 0 rings (SSSR count). The lowest BCUT2D eigenvalue weighted by Gasteiger charge is -2.22. The number of halogens is 3. The first-order valence-electron chi connectivity index (χ1n) is 7.25. The van der Waals surface area contributed by atoms with E-state index < -0.39 is 70.1 Å². The lowest BCUT2D eigenvalue weighted by Crippen LogP contribution is -2.44. The molecule has 0 aromatic carbocycles. The molecular weight excluding hydrogens is 369 g/mol. The molecule has 25 heavy (non-hydrogen) atoms. The number of carboxylic acid groups (broad SMARTS) is 1. The fourth-order valence-corrected chi connectivity index (χ4v) is 3.01. The quantitative estimate of drug-likeness (QED) is 0.496. The third-order valence-electron chi connectivity index (χ3n) is 2.82. The Balaban J connectivity index is 4.64. The minimum absolute atomic E-state index is 0.432. The van der Waals surface area contributed by atoms with Gasteiger partial charge in [0.15, 0.2) is 6.10 Å². The van der Waals surface area contributed by atoms with Crippen LogP contribution in [-0.4, -0.2) is 61.9 Å². The Bertz CT molecular complexity index is 571. The summed E-state index contributed by atoms with van der Waals surface area (Å²) in [6, 6.07) is -1.51. The molecule has 12 heteroatoms. The van der Waals surface area contributed by atoms with Gasteiger partial charge in [0.1, 0.15) is 11.6 Å². The van der Waals surface area contributed by atoms with Gasteiger partial charge in [-0.25, -0.2) is 13.8 Å². The molecule has 0 spiro atoms. The summed E-state index contributed by atoms with van der Waals surface area (Å²) in [5, 5.41) is 19.9. The number of alkyl halides is 3. The first kappa shape index (κ1) is 23.4. The van der Waals surface area contributed by atoms with Gasteiger partial charge in [0.25, 0.3) is 0 Å². The van der Waals surface area contributed by atoms with Crippen molar-refractivity contribution in [2.75, 3.05) is 11.5 Å². The molecule has 8 nitrogen and oxygen atoms in total. The summed E-state index contributed by atoms with van der Waals surface area (Å²) < 4.78 is 60.8. The van der Waals surface area contributed by atoms with Crippen molar-refractivity contribution in [3.8, 4) is 0 Å². The summed E-state index contributed by atoms with van der Waals surface area (Å²) in [5.41, 5.74) is -0.871. The summed E-state index contributed by atoms with van der Waals surface area (Å²) in [7, 11) is -3.55. The van der Waals surface area contributed by atoms with E-state index >= 15 is 0 Å². The highest BCUT2D eigenvalue weighted by atomic mass is 32.2. The summed E-state index contributed by atoms with van der Waals surface area (Å²) in [5.74, 6) is -2.76. The Morgan fingerprint density at radius 3 is 2.08 bits per heavy atom. The van der Waals surface area contributed by atoms with Crippen LogP contribution in [-0.2, 0) is 19.3 Å². The molecule has 0 radical (unpaired) electrons. The number of ether oxygens (including phenoxy) is 1. The van der Waals surface area contributed by atoms with Crippen LogP contribution >= 0.6 is 0 Å². The fourth-order valence-electron chi connectivity index (χ4n) is 1.58. The first-order chi connectivity index (χ1) is 11.0. The molecular formula is C13H23F3N2O6S. The number of carbonyl (C=O) groups excluding carboxylic acids is 1. The van der Waals surface area contributed by atoms with Crippen LogP contribution in [0.25, 0.3) is 0 Å². The van der Waals surface area contributed by atoms with Crippen LogP contribution < -0.4 is 5.32 Å². The Labute approximate surface area is 143 Å². The summed E-state index contributed by atoms with van der Waals surface area (Å²) >= 11 is 0. The number of hydrogen-bond donors (Lipinski definition) is 4. The van der Waals surface area contributed by atoms with E-state index in [0.29, 0.717) is 0 Å². The minimum atomic E-state index is -4.88. The maximum Gasteiger partial charge on any atom is 0.414 e. The van der Waals surface area contributed by atoms with Crippen LogP contribution in [0.1, 0.15) is 33.6 Å². The van der Waals surface area contributed by atoms with Gasteiger partial charge < -0.3 is 20.3 Å². The van der Waals surface area contributed by atoms with E-state index in [9.17, 15) is 27.0 Å². The van der Waals surface area contributed by atoms with Gasteiger partial charge in [-0.3, -0.25) is 4.78 Å². The smallest absolute Gasteiger partial charge is 0.414 e. The average molecular weight is 392 g/mol. The second kappa shape index (κ2) is 8.70. The number of amides is 1. The van der Waals surface area contributed by atoms with E-state index in [1.165, 1.54) is 0 Å². The number of hydrogen-bond acceptors (Lipinski definition) is 6. The van der Waals surface area contributed by atoms with E-state index in [0.717, 1.165) is 0 Å². The molecule has 0 saturated heterocycles. The molecule has 3 atom stereocenters. The molecule has 148 valence electrons. The highest BCUT2D eigenvalue weighted by Crippen LogP contribution is 2.22. The molecule has 1 unspecified atom stereocenters. The molecule has 0 fully saturated rings. The number of alkyl carbamates (subject to hydrolysis) is 1. The minimum Gasteiger partial charge on any atom is -0.480 e. The van der Waals surface area contributed by atoms with Gasteiger partial charge in [-0.1, -0.05) is 0 Å². The maximum absolute atomic E-state index is 12.2. The zero-order chi connectivity index (χ0) is 20.1. The van der Waals surface area contributed by atoms with Gasteiger partial charge in [-0.2, -0.15) is 13.2 Å². The van der Waals surface area contributed by atoms with Crippen molar-refractivity contribution in [3.63, 3.8) is 0 Å². The van der Waals surface area contributed by atoms with Crippen molar-refractivity contribution in [2.24, 2.45) is 0 Å².